The third-order valence-electron chi connectivity index (χ3n) is 6.02. The Balaban J connectivity index is 1.66. The van der Waals surface area contributed by atoms with Crippen LogP contribution in [-0.4, -0.2) is 51.5 Å². The lowest BCUT2D eigenvalue weighted by molar-refractivity contribution is 0.161. The van der Waals surface area contributed by atoms with Gasteiger partial charge < -0.3 is 9.64 Å². The maximum absolute atomic E-state index is 5.42. The van der Waals surface area contributed by atoms with Crippen molar-refractivity contribution >= 4 is 27.4 Å². The average Bonchev–Trinajstić information content (AvgIpc) is 3.53. The number of anilines is 1. The van der Waals surface area contributed by atoms with Crippen molar-refractivity contribution in [1.82, 2.24) is 24.7 Å². The first-order chi connectivity index (χ1) is 15.5. The molecule has 8 heteroatoms. The molecule has 1 fully saturated rings. The van der Waals surface area contributed by atoms with Crippen LogP contribution in [0.25, 0.3) is 32.3 Å². The highest BCUT2D eigenvalue weighted by molar-refractivity contribution is 7.22. The van der Waals surface area contributed by atoms with Gasteiger partial charge in [-0.3, -0.25) is 9.67 Å². The van der Waals surface area contributed by atoms with Gasteiger partial charge in [-0.1, -0.05) is 6.07 Å². The molecular weight excluding hydrogens is 420 g/mol. The number of hydrogen-bond donors (Lipinski definition) is 0. The molecule has 0 bridgehead atoms. The molecule has 5 heterocycles. The Bertz CT molecular complexity index is 1230. The second kappa shape index (κ2) is 8.60. The molecule has 0 aromatic carbocycles. The molecule has 7 nitrogen and oxygen atoms in total. The average molecular weight is 449 g/mol. The summed E-state index contributed by atoms with van der Waals surface area (Å²) in [5, 5.41) is 5.94. The van der Waals surface area contributed by atoms with Crippen LogP contribution >= 0.6 is 11.3 Å². The topological polar surface area (TPSA) is 69.0 Å². The van der Waals surface area contributed by atoms with Crippen molar-refractivity contribution in [3.8, 4) is 22.1 Å². The molecule has 0 amide bonds. The van der Waals surface area contributed by atoms with Gasteiger partial charge in [-0.05, 0) is 51.0 Å². The monoisotopic (exact) mass is 448 g/mol. The number of aromatic nitrogens is 5. The Morgan fingerprint density at radius 1 is 1.19 bits per heavy atom. The number of pyridine rings is 1. The fourth-order valence-corrected chi connectivity index (χ4v) is 5.48. The van der Waals surface area contributed by atoms with Crippen LogP contribution < -0.4 is 4.90 Å². The lowest BCUT2D eigenvalue weighted by atomic mass is 10.1. The number of ether oxygens (including phenoxy) is 1. The molecule has 1 aliphatic heterocycles. The minimum atomic E-state index is 0.326. The van der Waals surface area contributed by atoms with E-state index in [-0.39, 0.29) is 0 Å². The molecule has 1 saturated heterocycles. The van der Waals surface area contributed by atoms with Crippen LogP contribution in [0, 0.1) is 12.8 Å². The van der Waals surface area contributed by atoms with E-state index in [0.29, 0.717) is 17.8 Å². The van der Waals surface area contributed by atoms with Gasteiger partial charge in [0.1, 0.15) is 22.0 Å². The molecule has 32 heavy (non-hydrogen) atoms. The molecule has 166 valence electrons. The first-order valence-electron chi connectivity index (χ1n) is 11.1. The molecule has 0 radical (unpaired) electrons. The zero-order valence-corrected chi connectivity index (χ0v) is 19.8. The third kappa shape index (κ3) is 3.78. The van der Waals surface area contributed by atoms with E-state index < -0.39 is 0 Å². The van der Waals surface area contributed by atoms with Gasteiger partial charge in [0.25, 0.3) is 0 Å². The maximum Gasteiger partial charge on any atom is 0.181 e. The predicted molar refractivity (Wildman–Crippen MR) is 129 cm³/mol. The molecule has 0 spiro atoms. The number of rotatable bonds is 6. The van der Waals surface area contributed by atoms with E-state index in [1.165, 1.54) is 5.56 Å². The van der Waals surface area contributed by atoms with Gasteiger partial charge in [0.15, 0.2) is 5.82 Å². The van der Waals surface area contributed by atoms with E-state index in [0.717, 1.165) is 58.4 Å². The first kappa shape index (κ1) is 21.0. The summed E-state index contributed by atoms with van der Waals surface area (Å²) < 4.78 is 7.42. The van der Waals surface area contributed by atoms with E-state index >= 15 is 0 Å². The molecule has 4 aromatic rings. The fourth-order valence-electron chi connectivity index (χ4n) is 4.34. The van der Waals surface area contributed by atoms with Gasteiger partial charge >= 0.3 is 0 Å². The summed E-state index contributed by atoms with van der Waals surface area (Å²) in [6, 6.07) is 8.27. The van der Waals surface area contributed by atoms with Gasteiger partial charge in [0.2, 0.25) is 0 Å². The minimum Gasteiger partial charge on any atom is -0.384 e. The molecule has 1 aliphatic rings. The Kier molecular flexibility index (Phi) is 5.65. The van der Waals surface area contributed by atoms with Crippen LogP contribution in [0.15, 0.2) is 36.7 Å². The van der Waals surface area contributed by atoms with Crippen LogP contribution in [0.5, 0.6) is 0 Å². The molecule has 0 N–H and O–H groups in total. The zero-order chi connectivity index (χ0) is 22.2. The Morgan fingerprint density at radius 3 is 2.78 bits per heavy atom. The fraction of sp³-hybridized carbons (Fsp3) is 0.417. The molecule has 0 aliphatic carbocycles. The number of fused-ring (bicyclic) bond motifs is 1. The standard InChI is InChI=1S/C24H28N6OS/c1-15(2)30-12-9-18(28-30)21-16(3)20-23(29-11-8-17(13-29)14-31-4)26-22(27-24(20)32-21)19-7-5-6-10-25-19/h5-7,9-10,12,15,17H,8,11,13-14H2,1-4H3. The van der Waals surface area contributed by atoms with Crippen LogP contribution in [0.1, 0.15) is 31.9 Å². The second-order valence-electron chi connectivity index (χ2n) is 8.65. The molecule has 5 rings (SSSR count). The van der Waals surface area contributed by atoms with Gasteiger partial charge in [-0.2, -0.15) is 5.10 Å². The van der Waals surface area contributed by atoms with Crippen molar-refractivity contribution < 1.29 is 4.74 Å². The Labute approximate surface area is 192 Å². The minimum absolute atomic E-state index is 0.326. The quantitative estimate of drug-likeness (QED) is 0.414. The van der Waals surface area contributed by atoms with Crippen LogP contribution in [0.2, 0.25) is 0 Å². The lowest BCUT2D eigenvalue weighted by Gasteiger charge is -2.19. The molecule has 4 aromatic heterocycles. The van der Waals surface area contributed by atoms with Crippen molar-refractivity contribution in [3.63, 3.8) is 0 Å². The van der Waals surface area contributed by atoms with Crippen LogP contribution in [0.4, 0.5) is 5.82 Å². The normalized spacial score (nSPS) is 16.5. The van der Waals surface area contributed by atoms with Gasteiger partial charge in [0, 0.05) is 44.6 Å². The first-order valence-corrected chi connectivity index (χ1v) is 11.9. The number of nitrogens with zero attached hydrogens (tertiary/aromatic N) is 6. The van der Waals surface area contributed by atoms with Crippen LogP contribution in [0.3, 0.4) is 0 Å². The number of methoxy groups -OCH3 is 1. The Morgan fingerprint density at radius 2 is 2.06 bits per heavy atom. The van der Waals surface area contributed by atoms with Crippen molar-refractivity contribution in [1.29, 1.82) is 0 Å². The summed E-state index contributed by atoms with van der Waals surface area (Å²) in [6.45, 7) is 9.13. The predicted octanol–water partition coefficient (Wildman–Crippen LogP) is 4.98. The highest BCUT2D eigenvalue weighted by Gasteiger charge is 2.28. The largest absolute Gasteiger partial charge is 0.384 e. The summed E-state index contributed by atoms with van der Waals surface area (Å²) in [4.78, 5) is 19.0. The van der Waals surface area contributed by atoms with Gasteiger partial charge in [-0.15, -0.1) is 11.3 Å². The summed E-state index contributed by atoms with van der Waals surface area (Å²) in [6.07, 6.45) is 4.94. The number of thiophene rings is 1. The van der Waals surface area contributed by atoms with E-state index in [9.17, 15) is 0 Å². The van der Waals surface area contributed by atoms with Crippen LogP contribution in [-0.2, 0) is 4.74 Å². The number of hydrogen-bond acceptors (Lipinski definition) is 7. The highest BCUT2D eigenvalue weighted by Crippen LogP contribution is 2.42. The van der Waals surface area contributed by atoms with Crippen molar-refractivity contribution in [2.24, 2.45) is 5.92 Å². The van der Waals surface area contributed by atoms with Gasteiger partial charge in [0.05, 0.1) is 16.9 Å². The SMILES string of the molecule is COCC1CCN(c2nc(-c3ccccn3)nc3sc(-c4ccn(C(C)C)n4)c(C)c23)C1. The smallest absolute Gasteiger partial charge is 0.181 e. The summed E-state index contributed by atoms with van der Waals surface area (Å²) >= 11 is 1.69. The summed E-state index contributed by atoms with van der Waals surface area (Å²) in [5.74, 6) is 2.19. The van der Waals surface area contributed by atoms with Gasteiger partial charge in [-0.25, -0.2) is 9.97 Å². The van der Waals surface area contributed by atoms with Crippen molar-refractivity contribution in [2.45, 2.75) is 33.2 Å². The van der Waals surface area contributed by atoms with Crippen molar-refractivity contribution in [2.75, 3.05) is 31.7 Å². The summed E-state index contributed by atoms with van der Waals surface area (Å²) in [7, 11) is 1.77. The lowest BCUT2D eigenvalue weighted by Crippen LogP contribution is -2.22. The molecule has 0 saturated carbocycles. The summed E-state index contributed by atoms with van der Waals surface area (Å²) in [5.41, 5.74) is 2.97. The third-order valence-corrected chi connectivity index (χ3v) is 7.23. The van der Waals surface area contributed by atoms with E-state index in [1.807, 2.05) is 29.1 Å². The van der Waals surface area contributed by atoms with E-state index in [2.05, 4.69) is 36.7 Å². The maximum atomic E-state index is 5.42. The second-order valence-corrected chi connectivity index (χ2v) is 9.65. The van der Waals surface area contributed by atoms with E-state index in [4.69, 9.17) is 19.8 Å². The number of aryl methyl sites for hydroxylation is 1. The van der Waals surface area contributed by atoms with Crippen molar-refractivity contribution in [3.05, 3.63) is 42.2 Å². The molecule has 1 unspecified atom stereocenters. The highest BCUT2D eigenvalue weighted by atomic mass is 32.1. The molecule has 1 atom stereocenters. The zero-order valence-electron chi connectivity index (χ0n) is 18.9. The Hall–Kier alpha value is -2.84. The molecular formula is C24H28N6OS. The van der Waals surface area contributed by atoms with E-state index in [1.54, 1.807) is 24.6 Å².